The van der Waals surface area contributed by atoms with Crippen molar-refractivity contribution < 1.29 is 4.39 Å². The van der Waals surface area contributed by atoms with Crippen LogP contribution in [0.1, 0.15) is 32.6 Å². The fourth-order valence-corrected chi connectivity index (χ4v) is 2.41. The molecule has 0 aliphatic heterocycles. The summed E-state index contributed by atoms with van der Waals surface area (Å²) in [6.45, 7) is 2.01. The summed E-state index contributed by atoms with van der Waals surface area (Å²) >= 11 is 3.23. The molecule has 60 valence electrons. The van der Waals surface area contributed by atoms with Crippen LogP contribution in [0.15, 0.2) is 0 Å². The van der Waals surface area contributed by atoms with E-state index in [4.69, 9.17) is 0 Å². The van der Waals surface area contributed by atoms with Gasteiger partial charge in [0.1, 0.15) is 5.67 Å². The van der Waals surface area contributed by atoms with Crippen LogP contribution in [0.3, 0.4) is 0 Å². The zero-order valence-electron chi connectivity index (χ0n) is 6.37. The van der Waals surface area contributed by atoms with E-state index in [0.29, 0.717) is 5.33 Å². The van der Waals surface area contributed by atoms with Crippen molar-refractivity contribution in [2.75, 3.05) is 5.33 Å². The van der Waals surface area contributed by atoms with Gasteiger partial charge in [-0.1, -0.05) is 35.7 Å². The lowest BCUT2D eigenvalue weighted by molar-refractivity contribution is 0.0740. The van der Waals surface area contributed by atoms with Crippen LogP contribution < -0.4 is 0 Å². The lowest BCUT2D eigenvalue weighted by Crippen LogP contribution is -2.36. The monoisotopic (exact) mass is 208 g/mol. The molecule has 0 radical (unpaired) electrons. The minimum atomic E-state index is -0.905. The van der Waals surface area contributed by atoms with Gasteiger partial charge in [-0.05, 0) is 18.8 Å². The molecule has 0 saturated heterocycles. The molecule has 0 N–H and O–H groups in total. The van der Waals surface area contributed by atoms with Gasteiger partial charge in [0, 0.05) is 5.33 Å². The average Bonchev–Trinajstić information content (AvgIpc) is 1.96. The molecule has 2 atom stereocenters. The van der Waals surface area contributed by atoms with Crippen molar-refractivity contribution in [3.8, 4) is 0 Å². The highest BCUT2D eigenvalue weighted by molar-refractivity contribution is 9.09. The Hall–Kier alpha value is 0.410. The summed E-state index contributed by atoms with van der Waals surface area (Å²) in [7, 11) is 0. The van der Waals surface area contributed by atoms with E-state index in [9.17, 15) is 4.39 Å². The zero-order chi connectivity index (χ0) is 7.61. The Kier molecular flexibility index (Phi) is 2.73. The molecule has 1 aliphatic carbocycles. The second-order valence-electron chi connectivity index (χ2n) is 3.32. The molecule has 0 aromatic heterocycles. The molecule has 10 heavy (non-hydrogen) atoms. The Morgan fingerprint density at radius 1 is 1.60 bits per heavy atom. The second kappa shape index (κ2) is 3.21. The van der Waals surface area contributed by atoms with Gasteiger partial charge in [0.05, 0.1) is 0 Å². The highest BCUT2D eigenvalue weighted by Gasteiger charge is 2.36. The molecule has 0 bridgehead atoms. The Balaban J connectivity index is 2.54. The minimum absolute atomic E-state index is 0.251. The van der Waals surface area contributed by atoms with Crippen molar-refractivity contribution >= 4 is 15.9 Å². The summed E-state index contributed by atoms with van der Waals surface area (Å²) in [5, 5.41) is 0.515. The van der Waals surface area contributed by atoms with Gasteiger partial charge >= 0.3 is 0 Å². The van der Waals surface area contributed by atoms with Crippen molar-refractivity contribution in [2.45, 2.75) is 38.3 Å². The molecule has 0 aromatic carbocycles. The van der Waals surface area contributed by atoms with E-state index in [2.05, 4.69) is 15.9 Å². The normalized spacial score (nSPS) is 41.7. The van der Waals surface area contributed by atoms with Crippen LogP contribution in [0.25, 0.3) is 0 Å². The van der Waals surface area contributed by atoms with E-state index in [-0.39, 0.29) is 5.92 Å². The Bertz CT molecular complexity index is 116. The number of alkyl halides is 2. The Morgan fingerprint density at radius 2 is 2.30 bits per heavy atom. The molecular weight excluding hydrogens is 195 g/mol. The Morgan fingerprint density at radius 3 is 2.70 bits per heavy atom. The fourth-order valence-electron chi connectivity index (χ4n) is 1.57. The van der Waals surface area contributed by atoms with E-state index in [1.165, 1.54) is 6.42 Å². The van der Waals surface area contributed by atoms with Crippen molar-refractivity contribution in [3.05, 3.63) is 0 Å². The second-order valence-corrected chi connectivity index (χ2v) is 3.88. The molecule has 0 amide bonds. The number of hydrogen-bond donors (Lipinski definition) is 0. The third-order valence-electron chi connectivity index (χ3n) is 2.58. The van der Waals surface area contributed by atoms with Crippen molar-refractivity contribution in [3.63, 3.8) is 0 Å². The van der Waals surface area contributed by atoms with Crippen molar-refractivity contribution in [1.29, 1.82) is 0 Å². The highest BCUT2D eigenvalue weighted by atomic mass is 79.9. The van der Waals surface area contributed by atoms with E-state index in [0.717, 1.165) is 19.3 Å². The highest BCUT2D eigenvalue weighted by Crippen LogP contribution is 2.37. The number of halogens is 2. The summed E-state index contributed by atoms with van der Waals surface area (Å²) in [6, 6.07) is 0. The predicted molar refractivity (Wildman–Crippen MR) is 45.3 cm³/mol. The fraction of sp³-hybridized carbons (Fsp3) is 1.00. The molecule has 0 nitrogen and oxygen atoms in total. The summed E-state index contributed by atoms with van der Waals surface area (Å²) in [6.07, 6.45) is 4.08. The van der Waals surface area contributed by atoms with E-state index in [1.807, 2.05) is 6.92 Å². The minimum Gasteiger partial charge on any atom is -0.243 e. The summed E-state index contributed by atoms with van der Waals surface area (Å²) < 4.78 is 13.6. The topological polar surface area (TPSA) is 0 Å². The summed E-state index contributed by atoms with van der Waals surface area (Å²) in [5.74, 6) is 0.251. The van der Waals surface area contributed by atoms with Crippen molar-refractivity contribution in [2.24, 2.45) is 5.92 Å². The van der Waals surface area contributed by atoms with Gasteiger partial charge in [0.15, 0.2) is 0 Å². The molecule has 1 fully saturated rings. The first-order chi connectivity index (χ1) is 4.69. The van der Waals surface area contributed by atoms with E-state index >= 15 is 0 Å². The standard InChI is InChI=1S/C8H14BrF/c1-7-4-2-3-5-8(7,10)6-9/h7H,2-6H2,1H3/t7-,8+/m0/s1. The van der Waals surface area contributed by atoms with Gasteiger partial charge < -0.3 is 0 Å². The molecular formula is C8H14BrF. The first-order valence-corrected chi connectivity index (χ1v) is 5.06. The molecule has 0 heterocycles. The van der Waals surface area contributed by atoms with Crippen LogP contribution in [-0.2, 0) is 0 Å². The quantitative estimate of drug-likeness (QED) is 0.581. The molecule has 0 aromatic rings. The lowest BCUT2D eigenvalue weighted by atomic mass is 9.79. The van der Waals surface area contributed by atoms with Crippen LogP contribution >= 0.6 is 15.9 Å². The smallest absolute Gasteiger partial charge is 0.123 e. The van der Waals surface area contributed by atoms with E-state index in [1.54, 1.807) is 0 Å². The van der Waals surface area contributed by atoms with Gasteiger partial charge in [-0.15, -0.1) is 0 Å². The first-order valence-electron chi connectivity index (χ1n) is 3.94. The molecule has 1 rings (SSSR count). The van der Waals surface area contributed by atoms with Crippen LogP contribution in [0.2, 0.25) is 0 Å². The van der Waals surface area contributed by atoms with E-state index < -0.39 is 5.67 Å². The maximum absolute atomic E-state index is 13.6. The predicted octanol–water partition coefficient (Wildman–Crippen LogP) is 3.30. The van der Waals surface area contributed by atoms with Crippen LogP contribution in [-0.4, -0.2) is 11.0 Å². The van der Waals surface area contributed by atoms with Gasteiger partial charge in [0.25, 0.3) is 0 Å². The van der Waals surface area contributed by atoms with Gasteiger partial charge in [0.2, 0.25) is 0 Å². The molecule has 0 unspecified atom stereocenters. The zero-order valence-corrected chi connectivity index (χ0v) is 7.95. The number of hydrogen-bond acceptors (Lipinski definition) is 0. The molecule has 0 spiro atoms. The number of rotatable bonds is 1. The van der Waals surface area contributed by atoms with Gasteiger partial charge in [-0.3, -0.25) is 0 Å². The first kappa shape index (κ1) is 8.51. The third-order valence-corrected chi connectivity index (χ3v) is 3.52. The van der Waals surface area contributed by atoms with Crippen LogP contribution in [0, 0.1) is 5.92 Å². The van der Waals surface area contributed by atoms with Crippen LogP contribution in [0.5, 0.6) is 0 Å². The third kappa shape index (κ3) is 1.52. The summed E-state index contributed by atoms with van der Waals surface area (Å²) in [4.78, 5) is 0. The average molecular weight is 209 g/mol. The molecule has 2 heteroatoms. The maximum atomic E-state index is 13.6. The SMILES string of the molecule is C[C@H]1CCCC[C@@]1(F)CBr. The van der Waals surface area contributed by atoms with Crippen molar-refractivity contribution in [1.82, 2.24) is 0 Å². The maximum Gasteiger partial charge on any atom is 0.123 e. The van der Waals surface area contributed by atoms with Gasteiger partial charge in [-0.2, -0.15) is 0 Å². The molecule has 1 aliphatic rings. The Labute approximate surface area is 70.3 Å². The van der Waals surface area contributed by atoms with Gasteiger partial charge in [-0.25, -0.2) is 4.39 Å². The summed E-state index contributed by atoms with van der Waals surface area (Å²) in [5.41, 5.74) is -0.905. The molecule has 1 saturated carbocycles. The van der Waals surface area contributed by atoms with Crippen LogP contribution in [0.4, 0.5) is 4.39 Å². The largest absolute Gasteiger partial charge is 0.243 e. The lowest BCUT2D eigenvalue weighted by Gasteiger charge is -2.33.